The predicted molar refractivity (Wildman–Crippen MR) is 144 cm³/mol. The number of carbonyl (C=O) groups is 1. The highest BCUT2D eigenvalue weighted by atomic mass is 79.9. The van der Waals surface area contributed by atoms with Crippen molar-refractivity contribution in [2.45, 2.75) is 11.8 Å². The van der Waals surface area contributed by atoms with Crippen LogP contribution in [0.1, 0.15) is 11.1 Å². The smallest absolute Gasteiger partial charge is 0.342 e. The number of nitrogens with zero attached hydrogens (tertiary/aromatic N) is 3. The molecule has 0 spiro atoms. The van der Waals surface area contributed by atoms with E-state index in [0.29, 0.717) is 37.7 Å². The van der Waals surface area contributed by atoms with Crippen molar-refractivity contribution in [1.29, 1.82) is 0 Å². The zero-order chi connectivity index (χ0) is 27.2. The predicted octanol–water partition coefficient (Wildman–Crippen LogP) is 6.87. The van der Waals surface area contributed by atoms with Gasteiger partial charge in [0, 0.05) is 27.2 Å². The summed E-state index contributed by atoms with van der Waals surface area (Å²) in [6.45, 7) is 0.116. The minimum atomic E-state index is -1.21. The summed E-state index contributed by atoms with van der Waals surface area (Å²) in [5.74, 6) is -0.226. The highest BCUT2D eigenvalue weighted by molar-refractivity contribution is 9.10. The zero-order valence-corrected chi connectivity index (χ0v) is 22.6. The molecular formula is C25H17BrClN3O7S. The fourth-order valence-electron chi connectivity index (χ4n) is 3.22. The third kappa shape index (κ3) is 6.71. The van der Waals surface area contributed by atoms with Crippen LogP contribution in [-0.4, -0.2) is 33.3 Å². The normalized spacial score (nSPS) is 11.3. The summed E-state index contributed by atoms with van der Waals surface area (Å²) in [7, 11) is 1.49. The number of nitro groups is 1. The van der Waals surface area contributed by atoms with E-state index in [4.69, 9.17) is 25.5 Å². The first-order valence-electron chi connectivity index (χ1n) is 10.7. The first kappa shape index (κ1) is 27.2. The summed E-state index contributed by atoms with van der Waals surface area (Å²) < 4.78 is 17.6. The molecule has 0 saturated carbocycles. The van der Waals surface area contributed by atoms with Crippen molar-refractivity contribution in [2.75, 3.05) is 7.11 Å². The van der Waals surface area contributed by atoms with Crippen molar-refractivity contribution in [3.8, 4) is 23.0 Å². The largest absolute Gasteiger partial charge is 0.496 e. The zero-order valence-electron chi connectivity index (χ0n) is 19.5. The average molecular weight is 619 g/mol. The molecule has 0 aliphatic rings. The van der Waals surface area contributed by atoms with Crippen molar-refractivity contribution in [3.63, 3.8) is 0 Å². The maximum atomic E-state index is 12.1. The molecule has 4 aromatic rings. The Morgan fingerprint density at radius 2 is 1.89 bits per heavy atom. The highest BCUT2D eigenvalue weighted by Crippen LogP contribution is 2.36. The second-order valence-electron chi connectivity index (χ2n) is 7.53. The third-order valence-corrected chi connectivity index (χ3v) is 6.59. The molecule has 0 aliphatic carbocycles. The molecule has 13 heteroatoms. The Morgan fingerprint density at radius 1 is 1.16 bits per heavy atom. The van der Waals surface area contributed by atoms with Crippen molar-refractivity contribution >= 4 is 57.0 Å². The van der Waals surface area contributed by atoms with Crippen LogP contribution in [0, 0.1) is 10.1 Å². The first-order valence-corrected chi connectivity index (χ1v) is 12.7. The second kappa shape index (κ2) is 12.1. The van der Waals surface area contributed by atoms with Gasteiger partial charge in [0.05, 0.1) is 17.6 Å². The number of hydrogen-bond donors (Lipinski definition) is 1. The number of rotatable bonds is 10. The van der Waals surface area contributed by atoms with Crippen LogP contribution >= 0.6 is 39.3 Å². The van der Waals surface area contributed by atoms with Crippen LogP contribution in [0.4, 0.5) is 5.69 Å². The number of ether oxygens (including phenoxy) is 2. The Balaban J connectivity index is 1.57. The number of carboxylic acids is 1. The van der Waals surface area contributed by atoms with Gasteiger partial charge in [0.25, 0.3) is 16.8 Å². The number of carboxylic acid groups (broad SMARTS) is 1. The minimum absolute atomic E-state index is 0.000904. The standard InChI is InChI=1S/C25H17BrClN3O7S/c1-35-21-9-5-17(27)12-19(21)23-28-29-25(37-23)38-22(24(31)32)11-15-10-16(26)4-8-20(15)36-13-14-2-6-18(7-3-14)30(33)34/h2-12H,13H2,1H3,(H,31,32)/b22-11-. The van der Waals surface area contributed by atoms with E-state index >= 15 is 0 Å². The first-order chi connectivity index (χ1) is 18.2. The van der Waals surface area contributed by atoms with Crippen molar-refractivity contribution in [1.82, 2.24) is 10.2 Å². The van der Waals surface area contributed by atoms with Gasteiger partial charge in [-0.1, -0.05) is 27.5 Å². The lowest BCUT2D eigenvalue weighted by Gasteiger charge is -2.11. The number of nitro benzene ring substituents is 1. The lowest BCUT2D eigenvalue weighted by Crippen LogP contribution is -2.00. The number of aliphatic carboxylic acids is 1. The van der Waals surface area contributed by atoms with Gasteiger partial charge in [-0.3, -0.25) is 10.1 Å². The van der Waals surface area contributed by atoms with Gasteiger partial charge in [0.1, 0.15) is 23.0 Å². The maximum Gasteiger partial charge on any atom is 0.342 e. The molecule has 3 aromatic carbocycles. The fourth-order valence-corrected chi connectivity index (χ4v) is 4.43. The number of thioether (sulfide) groups is 1. The highest BCUT2D eigenvalue weighted by Gasteiger charge is 2.19. The van der Waals surface area contributed by atoms with E-state index in [9.17, 15) is 20.0 Å². The van der Waals surface area contributed by atoms with Crippen LogP contribution in [0.15, 0.2) is 79.7 Å². The molecule has 1 N–H and O–H groups in total. The third-order valence-electron chi connectivity index (χ3n) is 5.01. The Labute approximate surface area is 233 Å². The molecule has 0 amide bonds. The lowest BCUT2D eigenvalue weighted by atomic mass is 10.2. The van der Waals surface area contributed by atoms with Crippen LogP contribution in [0.5, 0.6) is 11.5 Å². The summed E-state index contributed by atoms with van der Waals surface area (Å²) in [5.41, 5.74) is 1.62. The van der Waals surface area contributed by atoms with Gasteiger partial charge >= 0.3 is 5.97 Å². The van der Waals surface area contributed by atoms with E-state index in [-0.39, 0.29) is 28.3 Å². The molecular weight excluding hydrogens is 602 g/mol. The average Bonchev–Trinajstić information content (AvgIpc) is 3.36. The maximum absolute atomic E-state index is 12.1. The number of methoxy groups -OCH3 is 1. The van der Waals surface area contributed by atoms with Gasteiger partial charge in [-0.15, -0.1) is 10.2 Å². The van der Waals surface area contributed by atoms with Gasteiger partial charge in [0.15, 0.2) is 0 Å². The molecule has 1 aromatic heterocycles. The fraction of sp³-hybridized carbons (Fsp3) is 0.0800. The second-order valence-corrected chi connectivity index (χ2v) is 9.87. The summed E-state index contributed by atoms with van der Waals surface area (Å²) in [6.07, 6.45) is 1.42. The number of halogens is 2. The Morgan fingerprint density at radius 3 is 2.58 bits per heavy atom. The van der Waals surface area contributed by atoms with Crippen LogP contribution < -0.4 is 9.47 Å². The van der Waals surface area contributed by atoms with Gasteiger partial charge in [-0.2, -0.15) is 0 Å². The van der Waals surface area contributed by atoms with Crippen LogP contribution in [0.2, 0.25) is 5.02 Å². The summed E-state index contributed by atoms with van der Waals surface area (Å²) in [4.78, 5) is 22.3. The quantitative estimate of drug-likeness (QED) is 0.0867. The Kier molecular flexibility index (Phi) is 8.66. The molecule has 0 saturated heterocycles. The molecule has 0 atom stereocenters. The van der Waals surface area contributed by atoms with E-state index < -0.39 is 10.9 Å². The molecule has 38 heavy (non-hydrogen) atoms. The van der Waals surface area contributed by atoms with Crippen molar-refractivity contribution < 1.29 is 28.7 Å². The number of hydrogen-bond acceptors (Lipinski definition) is 9. The van der Waals surface area contributed by atoms with E-state index in [0.717, 1.165) is 11.8 Å². The summed E-state index contributed by atoms with van der Waals surface area (Å²) in [6, 6.07) is 16.0. The van der Waals surface area contributed by atoms with Gasteiger partial charge in [0.2, 0.25) is 0 Å². The van der Waals surface area contributed by atoms with Crippen molar-refractivity contribution in [3.05, 3.63) is 96.3 Å². The van der Waals surface area contributed by atoms with Gasteiger partial charge in [-0.25, -0.2) is 4.79 Å². The molecule has 10 nitrogen and oxygen atoms in total. The molecule has 0 fully saturated rings. The Hall–Kier alpha value is -3.87. The molecule has 0 bridgehead atoms. The van der Waals surface area contributed by atoms with Gasteiger partial charge in [-0.05, 0) is 71.9 Å². The summed E-state index contributed by atoms with van der Waals surface area (Å²) >= 11 is 10.2. The SMILES string of the molecule is COc1ccc(Cl)cc1-c1nnc(S/C(=C\c2cc(Br)ccc2OCc2ccc([N+](=O)[O-])cc2)C(=O)O)o1. The molecule has 194 valence electrons. The van der Waals surface area contributed by atoms with Gasteiger partial charge < -0.3 is 19.0 Å². The van der Waals surface area contributed by atoms with Crippen molar-refractivity contribution in [2.24, 2.45) is 0 Å². The monoisotopic (exact) mass is 617 g/mol. The number of non-ortho nitro benzene ring substituents is 1. The number of benzene rings is 3. The molecule has 0 radical (unpaired) electrons. The van der Waals surface area contributed by atoms with E-state index in [1.54, 1.807) is 48.5 Å². The summed E-state index contributed by atoms with van der Waals surface area (Å²) in [5, 5.41) is 29.1. The lowest BCUT2D eigenvalue weighted by molar-refractivity contribution is -0.384. The van der Waals surface area contributed by atoms with E-state index in [1.807, 2.05) is 0 Å². The molecule has 4 rings (SSSR count). The number of aromatic nitrogens is 2. The molecule has 0 unspecified atom stereocenters. The van der Waals surface area contributed by atoms with Crippen LogP contribution in [0.25, 0.3) is 17.5 Å². The van der Waals surface area contributed by atoms with E-state index in [1.165, 1.54) is 25.3 Å². The van der Waals surface area contributed by atoms with E-state index in [2.05, 4.69) is 26.1 Å². The molecule has 1 heterocycles. The topological polar surface area (TPSA) is 138 Å². The van der Waals surface area contributed by atoms with Crippen LogP contribution in [-0.2, 0) is 11.4 Å². The Bertz CT molecular complexity index is 1530. The van der Waals surface area contributed by atoms with Crippen LogP contribution in [0.3, 0.4) is 0 Å². The minimum Gasteiger partial charge on any atom is -0.496 e. The molecule has 0 aliphatic heterocycles.